The molecule has 3 heteroatoms. The maximum absolute atomic E-state index is 5.79. The van der Waals surface area contributed by atoms with Crippen LogP contribution >= 0.6 is 0 Å². The molecular formula is C10H13N3. The number of rotatable bonds is 2. The number of fused-ring (bicyclic) bond motifs is 1. The molecule has 2 aromatic rings. The number of benzene rings is 1. The SMILES string of the molecule is CCCn1cc2cccc(N)c2n1. The smallest absolute Gasteiger partial charge is 0.115 e. The monoisotopic (exact) mass is 175 g/mol. The Bertz CT molecular complexity index is 417. The number of nitrogens with two attached hydrogens (primary N) is 1. The Morgan fingerprint density at radius 3 is 3.00 bits per heavy atom. The molecule has 0 fully saturated rings. The fraction of sp³-hybridized carbons (Fsp3) is 0.300. The van der Waals surface area contributed by atoms with E-state index in [1.807, 2.05) is 29.1 Å². The van der Waals surface area contributed by atoms with Crippen LogP contribution in [0, 0.1) is 0 Å². The van der Waals surface area contributed by atoms with E-state index in [2.05, 4.69) is 12.0 Å². The molecule has 13 heavy (non-hydrogen) atoms. The molecule has 2 rings (SSSR count). The van der Waals surface area contributed by atoms with Crippen molar-refractivity contribution in [3.63, 3.8) is 0 Å². The van der Waals surface area contributed by atoms with Gasteiger partial charge in [0.05, 0.1) is 5.69 Å². The van der Waals surface area contributed by atoms with Crippen molar-refractivity contribution < 1.29 is 0 Å². The van der Waals surface area contributed by atoms with E-state index < -0.39 is 0 Å². The molecule has 0 saturated heterocycles. The second-order valence-corrected chi connectivity index (χ2v) is 3.18. The van der Waals surface area contributed by atoms with Crippen LogP contribution in [-0.2, 0) is 6.54 Å². The predicted octanol–water partition coefficient (Wildman–Crippen LogP) is 2.03. The van der Waals surface area contributed by atoms with Gasteiger partial charge in [0.2, 0.25) is 0 Å². The van der Waals surface area contributed by atoms with E-state index in [9.17, 15) is 0 Å². The highest BCUT2D eigenvalue weighted by atomic mass is 15.3. The molecule has 0 saturated carbocycles. The fourth-order valence-electron chi connectivity index (χ4n) is 1.46. The molecule has 0 aliphatic carbocycles. The average molecular weight is 175 g/mol. The zero-order valence-electron chi connectivity index (χ0n) is 7.70. The van der Waals surface area contributed by atoms with Crippen molar-refractivity contribution in [1.29, 1.82) is 0 Å². The van der Waals surface area contributed by atoms with E-state index in [-0.39, 0.29) is 0 Å². The summed E-state index contributed by atoms with van der Waals surface area (Å²) in [4.78, 5) is 0. The van der Waals surface area contributed by atoms with Gasteiger partial charge in [0, 0.05) is 18.1 Å². The zero-order chi connectivity index (χ0) is 9.26. The second kappa shape index (κ2) is 3.09. The number of aromatic nitrogens is 2. The van der Waals surface area contributed by atoms with Gasteiger partial charge in [-0.1, -0.05) is 19.1 Å². The Hall–Kier alpha value is -1.51. The third kappa shape index (κ3) is 1.37. The molecule has 1 aromatic carbocycles. The van der Waals surface area contributed by atoms with Gasteiger partial charge in [-0.15, -0.1) is 0 Å². The van der Waals surface area contributed by atoms with Crippen LogP contribution in [0.3, 0.4) is 0 Å². The first-order valence-electron chi connectivity index (χ1n) is 4.53. The minimum Gasteiger partial charge on any atom is -0.397 e. The van der Waals surface area contributed by atoms with Crippen LogP contribution in [0.15, 0.2) is 24.4 Å². The Labute approximate surface area is 77.2 Å². The van der Waals surface area contributed by atoms with E-state index in [1.165, 1.54) is 0 Å². The Morgan fingerprint density at radius 1 is 1.46 bits per heavy atom. The number of nitrogens with zero attached hydrogens (tertiary/aromatic N) is 2. The summed E-state index contributed by atoms with van der Waals surface area (Å²) in [6.45, 7) is 3.09. The Balaban J connectivity index is 2.55. The molecule has 0 aliphatic rings. The lowest BCUT2D eigenvalue weighted by Gasteiger charge is -1.94. The summed E-state index contributed by atoms with van der Waals surface area (Å²) in [6, 6.07) is 5.87. The molecule has 2 N–H and O–H groups in total. The lowest BCUT2D eigenvalue weighted by atomic mass is 10.2. The number of anilines is 1. The van der Waals surface area contributed by atoms with Crippen LogP contribution in [0.25, 0.3) is 10.9 Å². The normalized spacial score (nSPS) is 10.8. The fourth-order valence-corrected chi connectivity index (χ4v) is 1.46. The minimum atomic E-state index is 0.757. The van der Waals surface area contributed by atoms with Crippen molar-refractivity contribution in [1.82, 2.24) is 9.78 Å². The third-order valence-electron chi connectivity index (χ3n) is 2.07. The van der Waals surface area contributed by atoms with E-state index in [4.69, 9.17) is 5.73 Å². The number of hydrogen-bond acceptors (Lipinski definition) is 2. The van der Waals surface area contributed by atoms with Gasteiger partial charge in [0.15, 0.2) is 0 Å². The van der Waals surface area contributed by atoms with Crippen LogP contribution in [0.5, 0.6) is 0 Å². The van der Waals surface area contributed by atoms with E-state index >= 15 is 0 Å². The van der Waals surface area contributed by atoms with Gasteiger partial charge in [-0.25, -0.2) is 0 Å². The summed E-state index contributed by atoms with van der Waals surface area (Å²) < 4.78 is 1.95. The third-order valence-corrected chi connectivity index (χ3v) is 2.07. The second-order valence-electron chi connectivity index (χ2n) is 3.18. The van der Waals surface area contributed by atoms with Crippen LogP contribution in [0.1, 0.15) is 13.3 Å². The van der Waals surface area contributed by atoms with Crippen LogP contribution in [0.2, 0.25) is 0 Å². The van der Waals surface area contributed by atoms with Crippen molar-refractivity contribution in [2.45, 2.75) is 19.9 Å². The lowest BCUT2D eigenvalue weighted by Crippen LogP contribution is -1.96. The largest absolute Gasteiger partial charge is 0.397 e. The predicted molar refractivity (Wildman–Crippen MR) is 54.4 cm³/mol. The number of aryl methyl sites for hydroxylation is 1. The van der Waals surface area contributed by atoms with Gasteiger partial charge in [0.25, 0.3) is 0 Å². The van der Waals surface area contributed by atoms with Crippen molar-refractivity contribution in [3.05, 3.63) is 24.4 Å². The molecule has 1 heterocycles. The maximum atomic E-state index is 5.79. The van der Waals surface area contributed by atoms with Gasteiger partial charge in [-0.05, 0) is 12.5 Å². The van der Waals surface area contributed by atoms with Crippen molar-refractivity contribution >= 4 is 16.6 Å². The topological polar surface area (TPSA) is 43.8 Å². The molecule has 3 nitrogen and oxygen atoms in total. The highest BCUT2D eigenvalue weighted by Crippen LogP contribution is 2.18. The number of hydrogen-bond donors (Lipinski definition) is 1. The molecule has 68 valence electrons. The molecule has 1 aromatic heterocycles. The first kappa shape index (κ1) is 8.10. The van der Waals surface area contributed by atoms with Gasteiger partial charge < -0.3 is 5.73 Å². The Kier molecular flexibility index (Phi) is 1.93. The molecule has 0 bridgehead atoms. The lowest BCUT2D eigenvalue weighted by molar-refractivity contribution is 0.609. The highest BCUT2D eigenvalue weighted by molar-refractivity contribution is 5.88. The summed E-state index contributed by atoms with van der Waals surface area (Å²) in [7, 11) is 0. The van der Waals surface area contributed by atoms with Crippen molar-refractivity contribution in [3.8, 4) is 0 Å². The van der Waals surface area contributed by atoms with Crippen LogP contribution < -0.4 is 5.73 Å². The standard InChI is InChI=1S/C10H13N3/c1-2-6-13-7-8-4-3-5-9(11)10(8)12-13/h3-5,7H,2,6,11H2,1H3. The van der Waals surface area contributed by atoms with Crippen LogP contribution in [-0.4, -0.2) is 9.78 Å². The molecule has 0 radical (unpaired) electrons. The van der Waals surface area contributed by atoms with E-state index in [0.29, 0.717) is 0 Å². The summed E-state index contributed by atoms with van der Waals surface area (Å²) >= 11 is 0. The maximum Gasteiger partial charge on any atom is 0.115 e. The van der Waals surface area contributed by atoms with E-state index in [1.54, 1.807) is 0 Å². The summed E-state index contributed by atoms with van der Waals surface area (Å²) in [5.41, 5.74) is 7.46. The average Bonchev–Trinajstić information content (AvgIpc) is 2.49. The van der Waals surface area contributed by atoms with Crippen molar-refractivity contribution in [2.24, 2.45) is 0 Å². The van der Waals surface area contributed by atoms with Gasteiger partial charge in [-0.2, -0.15) is 5.10 Å². The van der Waals surface area contributed by atoms with Gasteiger partial charge in [-0.3, -0.25) is 4.68 Å². The highest BCUT2D eigenvalue weighted by Gasteiger charge is 2.01. The molecular weight excluding hydrogens is 162 g/mol. The Morgan fingerprint density at radius 2 is 2.31 bits per heavy atom. The summed E-state index contributed by atoms with van der Waals surface area (Å²) in [6.07, 6.45) is 3.13. The molecule has 0 amide bonds. The van der Waals surface area contributed by atoms with Crippen LogP contribution in [0.4, 0.5) is 5.69 Å². The van der Waals surface area contributed by atoms with Gasteiger partial charge >= 0.3 is 0 Å². The molecule has 0 aliphatic heterocycles. The first-order valence-corrected chi connectivity index (χ1v) is 4.53. The van der Waals surface area contributed by atoms with Gasteiger partial charge in [0.1, 0.15) is 5.52 Å². The molecule has 0 unspecified atom stereocenters. The minimum absolute atomic E-state index is 0.757. The first-order chi connectivity index (χ1) is 6.31. The number of nitrogen functional groups attached to an aromatic ring is 1. The van der Waals surface area contributed by atoms with Crippen molar-refractivity contribution in [2.75, 3.05) is 5.73 Å². The van der Waals surface area contributed by atoms with E-state index in [0.717, 1.165) is 29.6 Å². The molecule has 0 spiro atoms. The quantitative estimate of drug-likeness (QED) is 0.710. The summed E-state index contributed by atoms with van der Waals surface area (Å²) in [5.74, 6) is 0. The summed E-state index contributed by atoms with van der Waals surface area (Å²) in [5, 5.41) is 5.51. The molecule has 0 atom stereocenters. The zero-order valence-corrected chi connectivity index (χ0v) is 7.70.